The third kappa shape index (κ3) is 20.6. The van der Waals surface area contributed by atoms with Gasteiger partial charge in [-0.2, -0.15) is 0 Å². The first-order valence-corrected chi connectivity index (χ1v) is 10.4. The minimum atomic E-state index is -1.01. The normalized spacial score (nSPS) is 11.2. The van der Waals surface area contributed by atoms with Gasteiger partial charge in [-0.05, 0) is 33.6 Å². The summed E-state index contributed by atoms with van der Waals surface area (Å²) in [5.41, 5.74) is -0.385. The van der Waals surface area contributed by atoms with Crippen molar-refractivity contribution in [1.29, 1.82) is 0 Å². The fourth-order valence-electron chi connectivity index (χ4n) is 2.80. The second kappa shape index (κ2) is 15.5. The predicted octanol–water partition coefficient (Wildman–Crippen LogP) is 4.60. The van der Waals surface area contributed by atoms with Crippen LogP contribution in [0.5, 0.6) is 0 Å². The van der Waals surface area contributed by atoms with Crippen LogP contribution in [-0.4, -0.2) is 35.1 Å². The minimum Gasteiger partial charge on any atom is -0.480 e. The molecule has 0 rings (SSSR count). The largest absolute Gasteiger partial charge is 0.480 e. The highest BCUT2D eigenvalue weighted by Gasteiger charge is 2.15. The lowest BCUT2D eigenvalue weighted by Gasteiger charge is -2.19. The van der Waals surface area contributed by atoms with Crippen LogP contribution in [0.2, 0.25) is 0 Å². The topological polar surface area (TPSA) is 92.7 Å². The number of hydrogen-bond acceptors (Lipinski definition) is 4. The quantitative estimate of drug-likeness (QED) is 0.299. The van der Waals surface area contributed by atoms with Crippen LogP contribution < -0.4 is 5.32 Å². The summed E-state index contributed by atoms with van der Waals surface area (Å²) >= 11 is 0. The SMILES string of the molecule is CC(C)(C)OC(=O)CCCCCCCCCCCCCC(=O)NCC(=O)O. The van der Waals surface area contributed by atoms with Gasteiger partial charge in [-0.25, -0.2) is 0 Å². The van der Waals surface area contributed by atoms with Crippen molar-refractivity contribution >= 4 is 17.8 Å². The van der Waals surface area contributed by atoms with Crippen LogP contribution in [0.15, 0.2) is 0 Å². The Morgan fingerprint density at radius 1 is 0.741 bits per heavy atom. The Morgan fingerprint density at radius 3 is 1.56 bits per heavy atom. The zero-order chi connectivity index (χ0) is 20.5. The molecule has 0 aliphatic rings. The van der Waals surface area contributed by atoms with Gasteiger partial charge in [0.1, 0.15) is 12.1 Å². The lowest BCUT2D eigenvalue weighted by molar-refractivity contribution is -0.155. The van der Waals surface area contributed by atoms with Crippen LogP contribution in [0.4, 0.5) is 0 Å². The summed E-state index contributed by atoms with van der Waals surface area (Å²) in [7, 11) is 0. The van der Waals surface area contributed by atoms with Gasteiger partial charge in [0.2, 0.25) is 5.91 Å². The van der Waals surface area contributed by atoms with Crippen LogP contribution >= 0.6 is 0 Å². The summed E-state index contributed by atoms with van der Waals surface area (Å²) in [6.45, 7) is 5.39. The average molecular weight is 386 g/mol. The molecule has 0 saturated heterocycles. The zero-order valence-corrected chi connectivity index (χ0v) is 17.5. The molecule has 6 heteroatoms. The molecule has 2 N–H and O–H groups in total. The molecule has 0 radical (unpaired) electrons. The van der Waals surface area contributed by atoms with E-state index in [9.17, 15) is 14.4 Å². The molecule has 0 aromatic heterocycles. The maximum Gasteiger partial charge on any atom is 0.322 e. The maximum absolute atomic E-state index is 11.6. The molecule has 27 heavy (non-hydrogen) atoms. The van der Waals surface area contributed by atoms with Crippen molar-refractivity contribution < 1.29 is 24.2 Å². The summed E-state index contributed by atoms with van der Waals surface area (Å²) in [6, 6.07) is 0. The number of amides is 1. The molecule has 6 nitrogen and oxygen atoms in total. The Labute approximate surface area is 164 Å². The number of nitrogens with one attached hydrogen (secondary N) is 1. The first kappa shape index (κ1) is 25.4. The van der Waals surface area contributed by atoms with Crippen molar-refractivity contribution in [1.82, 2.24) is 5.32 Å². The van der Waals surface area contributed by atoms with Gasteiger partial charge in [0.05, 0.1) is 0 Å². The fourth-order valence-corrected chi connectivity index (χ4v) is 2.80. The molecule has 0 heterocycles. The number of carbonyl (C=O) groups is 3. The number of rotatable bonds is 16. The molecule has 0 aromatic rings. The Hall–Kier alpha value is -1.59. The van der Waals surface area contributed by atoms with Gasteiger partial charge in [0.25, 0.3) is 0 Å². The third-order valence-electron chi connectivity index (χ3n) is 4.14. The number of ether oxygens (including phenoxy) is 1. The molecule has 0 aliphatic heterocycles. The van der Waals surface area contributed by atoms with E-state index in [0.717, 1.165) is 32.1 Å². The van der Waals surface area contributed by atoms with Gasteiger partial charge in [-0.1, -0.05) is 57.8 Å². The Morgan fingerprint density at radius 2 is 1.15 bits per heavy atom. The van der Waals surface area contributed by atoms with E-state index in [4.69, 9.17) is 9.84 Å². The second-order valence-electron chi connectivity index (χ2n) is 8.15. The molecule has 0 bridgehead atoms. The molecule has 0 aliphatic carbocycles. The number of unbranched alkanes of at least 4 members (excludes halogenated alkanes) is 10. The predicted molar refractivity (Wildman–Crippen MR) is 107 cm³/mol. The Balaban J connectivity index is 3.26. The fraction of sp³-hybridized carbons (Fsp3) is 0.857. The van der Waals surface area contributed by atoms with E-state index < -0.39 is 5.97 Å². The van der Waals surface area contributed by atoms with E-state index in [-0.39, 0.29) is 24.0 Å². The lowest BCUT2D eigenvalue weighted by Crippen LogP contribution is -2.28. The molecule has 0 spiro atoms. The van der Waals surface area contributed by atoms with Crippen molar-refractivity contribution in [3.05, 3.63) is 0 Å². The highest BCUT2D eigenvalue weighted by Crippen LogP contribution is 2.14. The monoisotopic (exact) mass is 385 g/mol. The van der Waals surface area contributed by atoms with Crippen LogP contribution in [0.3, 0.4) is 0 Å². The van der Waals surface area contributed by atoms with Crippen molar-refractivity contribution in [2.45, 2.75) is 110 Å². The third-order valence-corrected chi connectivity index (χ3v) is 4.14. The van der Waals surface area contributed by atoms with Crippen molar-refractivity contribution in [2.24, 2.45) is 0 Å². The molecule has 0 fully saturated rings. The molecule has 0 unspecified atom stereocenters. The van der Waals surface area contributed by atoms with Crippen LogP contribution in [-0.2, 0) is 19.1 Å². The first-order valence-electron chi connectivity index (χ1n) is 10.4. The molecular formula is C21H39NO5. The van der Waals surface area contributed by atoms with Crippen LogP contribution in [0.1, 0.15) is 104 Å². The van der Waals surface area contributed by atoms with Gasteiger partial charge < -0.3 is 15.2 Å². The number of esters is 1. The van der Waals surface area contributed by atoms with E-state index in [1.54, 1.807) is 0 Å². The maximum atomic E-state index is 11.6. The number of carboxylic acids is 1. The van der Waals surface area contributed by atoms with Gasteiger partial charge in [-0.15, -0.1) is 0 Å². The van der Waals surface area contributed by atoms with Gasteiger partial charge >= 0.3 is 11.9 Å². The molecule has 0 aromatic carbocycles. The Bertz CT molecular complexity index is 429. The summed E-state index contributed by atoms with van der Waals surface area (Å²) in [5, 5.41) is 10.8. The second-order valence-corrected chi connectivity index (χ2v) is 8.15. The van der Waals surface area contributed by atoms with Crippen molar-refractivity contribution in [3.63, 3.8) is 0 Å². The smallest absolute Gasteiger partial charge is 0.322 e. The van der Waals surface area contributed by atoms with E-state index in [1.165, 1.54) is 38.5 Å². The molecule has 158 valence electrons. The van der Waals surface area contributed by atoms with E-state index in [0.29, 0.717) is 12.8 Å². The summed E-state index contributed by atoms with van der Waals surface area (Å²) < 4.78 is 5.29. The number of aliphatic carboxylic acids is 1. The van der Waals surface area contributed by atoms with Gasteiger partial charge in [0.15, 0.2) is 0 Å². The van der Waals surface area contributed by atoms with Crippen molar-refractivity contribution in [2.75, 3.05) is 6.54 Å². The first-order chi connectivity index (χ1) is 12.7. The zero-order valence-electron chi connectivity index (χ0n) is 17.5. The number of carbonyl (C=O) groups excluding carboxylic acids is 2. The summed E-state index contributed by atoms with van der Waals surface area (Å²) in [5.74, 6) is -1.28. The standard InChI is InChI=1S/C21H39NO5/c1-21(2,3)27-20(26)16-14-12-10-8-6-4-5-7-9-11-13-15-18(23)22-17-19(24)25/h4-17H2,1-3H3,(H,22,23)(H,24,25). The highest BCUT2D eigenvalue weighted by molar-refractivity contribution is 5.80. The molecular weight excluding hydrogens is 346 g/mol. The summed E-state index contributed by atoms with van der Waals surface area (Å²) in [6.07, 6.45) is 13.2. The number of carboxylic acid groups (broad SMARTS) is 1. The van der Waals surface area contributed by atoms with Gasteiger partial charge in [-0.3, -0.25) is 14.4 Å². The molecule has 0 saturated carbocycles. The lowest BCUT2D eigenvalue weighted by atomic mass is 10.0. The van der Waals surface area contributed by atoms with Gasteiger partial charge in [0, 0.05) is 12.8 Å². The highest BCUT2D eigenvalue weighted by atomic mass is 16.6. The number of hydrogen-bond donors (Lipinski definition) is 2. The Kier molecular flexibility index (Phi) is 14.6. The average Bonchev–Trinajstić information content (AvgIpc) is 2.55. The molecule has 0 atom stereocenters. The summed E-state index contributed by atoms with van der Waals surface area (Å²) in [4.78, 5) is 33.2. The van der Waals surface area contributed by atoms with Crippen LogP contribution in [0, 0.1) is 0 Å². The van der Waals surface area contributed by atoms with E-state index >= 15 is 0 Å². The van der Waals surface area contributed by atoms with E-state index in [2.05, 4.69) is 5.32 Å². The van der Waals surface area contributed by atoms with Crippen molar-refractivity contribution in [3.8, 4) is 0 Å². The molecule has 1 amide bonds. The van der Waals surface area contributed by atoms with Crippen LogP contribution in [0.25, 0.3) is 0 Å². The minimum absolute atomic E-state index is 0.0955. The van der Waals surface area contributed by atoms with E-state index in [1.807, 2.05) is 20.8 Å².